The first kappa shape index (κ1) is 11.2. The summed E-state index contributed by atoms with van der Waals surface area (Å²) in [4.78, 5) is 3.78. The fraction of sp³-hybridized carbons (Fsp3) is 0.273. The molecule has 80 valence electrons. The quantitative estimate of drug-likeness (QED) is 0.604. The van der Waals surface area contributed by atoms with E-state index in [1.54, 1.807) is 26.6 Å². The Balaban J connectivity index is 2.70. The van der Waals surface area contributed by atoms with Crippen LogP contribution in [0.2, 0.25) is 0 Å². The molecule has 0 unspecified atom stereocenters. The summed E-state index contributed by atoms with van der Waals surface area (Å²) < 4.78 is 5.11. The first-order valence-electron chi connectivity index (χ1n) is 4.62. The third-order valence-electron chi connectivity index (χ3n) is 1.91. The summed E-state index contributed by atoms with van der Waals surface area (Å²) in [5.74, 6) is 0.845. The first-order chi connectivity index (χ1) is 7.27. The molecule has 1 aromatic rings. The molecule has 0 aliphatic heterocycles. The molecule has 0 aliphatic carbocycles. The van der Waals surface area contributed by atoms with Gasteiger partial charge in [-0.05, 0) is 30.7 Å². The Labute approximate surface area is 89.7 Å². The van der Waals surface area contributed by atoms with Gasteiger partial charge in [-0.2, -0.15) is 5.10 Å². The first-order valence-corrected chi connectivity index (χ1v) is 4.62. The van der Waals surface area contributed by atoms with Gasteiger partial charge in [-0.1, -0.05) is 0 Å². The van der Waals surface area contributed by atoms with Crippen molar-refractivity contribution in [1.29, 1.82) is 0 Å². The van der Waals surface area contributed by atoms with E-state index in [4.69, 9.17) is 4.74 Å². The maximum atomic E-state index is 5.11. The standard InChI is InChI=1S/C11H15N3O/c1-9-8-10(15-3)4-5-11(9)14-13-7-6-12-2/h4-8,14H,1-3H3/b12-6-,13-7-. The van der Waals surface area contributed by atoms with E-state index in [1.807, 2.05) is 25.1 Å². The Kier molecular flexibility index (Phi) is 4.34. The zero-order chi connectivity index (χ0) is 11.1. The van der Waals surface area contributed by atoms with Crippen molar-refractivity contribution in [2.45, 2.75) is 6.92 Å². The van der Waals surface area contributed by atoms with Crippen LogP contribution >= 0.6 is 0 Å². The van der Waals surface area contributed by atoms with Gasteiger partial charge in [-0.25, -0.2) is 0 Å². The molecule has 0 saturated carbocycles. The van der Waals surface area contributed by atoms with Crippen molar-refractivity contribution in [2.24, 2.45) is 10.1 Å². The molecule has 0 amide bonds. The average molecular weight is 205 g/mol. The third kappa shape index (κ3) is 3.42. The van der Waals surface area contributed by atoms with Crippen molar-refractivity contribution in [3.05, 3.63) is 23.8 Å². The lowest BCUT2D eigenvalue weighted by atomic mass is 10.2. The van der Waals surface area contributed by atoms with Gasteiger partial charge in [0.1, 0.15) is 5.75 Å². The highest BCUT2D eigenvalue weighted by molar-refractivity contribution is 6.16. The average Bonchev–Trinajstić information content (AvgIpc) is 2.26. The van der Waals surface area contributed by atoms with Crippen molar-refractivity contribution >= 4 is 18.1 Å². The van der Waals surface area contributed by atoms with Crippen LogP contribution in [0.25, 0.3) is 0 Å². The minimum Gasteiger partial charge on any atom is -0.497 e. The fourth-order valence-corrected chi connectivity index (χ4v) is 1.10. The summed E-state index contributed by atoms with van der Waals surface area (Å²) in [5.41, 5.74) is 4.96. The number of aryl methyl sites for hydroxylation is 1. The van der Waals surface area contributed by atoms with Crippen LogP contribution in [0.5, 0.6) is 5.75 Å². The number of hydrazone groups is 1. The van der Waals surface area contributed by atoms with E-state index >= 15 is 0 Å². The zero-order valence-corrected chi connectivity index (χ0v) is 9.19. The van der Waals surface area contributed by atoms with Gasteiger partial charge in [0, 0.05) is 13.3 Å². The highest BCUT2D eigenvalue weighted by Gasteiger charge is 1.97. The van der Waals surface area contributed by atoms with Crippen molar-refractivity contribution in [1.82, 2.24) is 0 Å². The monoisotopic (exact) mass is 205 g/mol. The number of methoxy groups -OCH3 is 1. The number of anilines is 1. The number of hydrogen-bond acceptors (Lipinski definition) is 4. The summed E-state index contributed by atoms with van der Waals surface area (Å²) in [6.07, 6.45) is 3.22. The largest absolute Gasteiger partial charge is 0.497 e. The van der Waals surface area contributed by atoms with Gasteiger partial charge in [-0.3, -0.25) is 10.4 Å². The topological polar surface area (TPSA) is 46.0 Å². The number of benzene rings is 1. The van der Waals surface area contributed by atoms with Crippen LogP contribution in [0.3, 0.4) is 0 Å². The summed E-state index contributed by atoms with van der Waals surface area (Å²) >= 11 is 0. The molecule has 15 heavy (non-hydrogen) atoms. The van der Waals surface area contributed by atoms with E-state index in [0.29, 0.717) is 0 Å². The van der Waals surface area contributed by atoms with E-state index < -0.39 is 0 Å². The van der Waals surface area contributed by atoms with Crippen LogP contribution in [0.1, 0.15) is 5.56 Å². The minimum absolute atomic E-state index is 0.845. The second-order valence-electron chi connectivity index (χ2n) is 2.98. The number of aliphatic imine (C=N–C) groups is 1. The van der Waals surface area contributed by atoms with Gasteiger partial charge in [0.2, 0.25) is 0 Å². The van der Waals surface area contributed by atoms with Crippen LogP contribution in [-0.2, 0) is 0 Å². The Hall–Kier alpha value is -1.84. The predicted molar refractivity (Wildman–Crippen MR) is 64.3 cm³/mol. The molecule has 1 aromatic carbocycles. The highest BCUT2D eigenvalue weighted by atomic mass is 16.5. The maximum absolute atomic E-state index is 5.11. The summed E-state index contributed by atoms with van der Waals surface area (Å²) in [5, 5.41) is 3.98. The third-order valence-corrected chi connectivity index (χ3v) is 1.91. The van der Waals surface area contributed by atoms with Crippen LogP contribution in [0.15, 0.2) is 28.3 Å². The molecule has 0 bridgehead atoms. The van der Waals surface area contributed by atoms with E-state index in [2.05, 4.69) is 15.5 Å². The maximum Gasteiger partial charge on any atom is 0.119 e. The van der Waals surface area contributed by atoms with Gasteiger partial charge in [-0.15, -0.1) is 0 Å². The molecule has 0 radical (unpaired) electrons. The molecule has 0 atom stereocenters. The molecule has 1 N–H and O–H groups in total. The zero-order valence-electron chi connectivity index (χ0n) is 9.19. The second-order valence-corrected chi connectivity index (χ2v) is 2.98. The smallest absolute Gasteiger partial charge is 0.119 e. The van der Waals surface area contributed by atoms with Gasteiger partial charge < -0.3 is 4.74 Å². The van der Waals surface area contributed by atoms with Crippen molar-refractivity contribution in [3.63, 3.8) is 0 Å². The van der Waals surface area contributed by atoms with Gasteiger partial charge >= 0.3 is 0 Å². The lowest BCUT2D eigenvalue weighted by Crippen LogP contribution is -1.93. The molecule has 1 rings (SSSR count). The van der Waals surface area contributed by atoms with E-state index in [1.165, 1.54) is 0 Å². The number of hydrogen-bond donors (Lipinski definition) is 1. The van der Waals surface area contributed by atoms with Gasteiger partial charge in [0.05, 0.1) is 19.0 Å². The number of nitrogens with one attached hydrogen (secondary N) is 1. The second kappa shape index (κ2) is 5.80. The molecule has 0 saturated heterocycles. The SMILES string of the molecule is C/N=C\C=N/Nc1ccc(OC)cc1C. The normalized spacial score (nSPS) is 11.1. The molecule has 4 nitrogen and oxygen atoms in total. The molecule has 0 fully saturated rings. The van der Waals surface area contributed by atoms with Gasteiger partial charge in [0.25, 0.3) is 0 Å². The predicted octanol–water partition coefficient (Wildman–Crippen LogP) is 2.10. The van der Waals surface area contributed by atoms with E-state index in [-0.39, 0.29) is 0 Å². The Morgan fingerprint density at radius 2 is 2.13 bits per heavy atom. The van der Waals surface area contributed by atoms with Crippen LogP contribution in [-0.4, -0.2) is 26.6 Å². The molecule has 0 aliphatic rings. The summed E-state index contributed by atoms with van der Waals surface area (Å²) in [6.45, 7) is 1.99. The highest BCUT2D eigenvalue weighted by Crippen LogP contribution is 2.20. The molecular weight excluding hydrogens is 190 g/mol. The Bertz CT molecular complexity index is 372. The summed E-state index contributed by atoms with van der Waals surface area (Å²) in [6, 6.07) is 5.76. The molecule has 0 heterocycles. The molecule has 4 heteroatoms. The number of nitrogens with zero attached hydrogens (tertiary/aromatic N) is 2. The van der Waals surface area contributed by atoms with Crippen LogP contribution < -0.4 is 10.2 Å². The van der Waals surface area contributed by atoms with E-state index in [9.17, 15) is 0 Å². The van der Waals surface area contributed by atoms with Crippen molar-refractivity contribution in [3.8, 4) is 5.75 Å². The number of rotatable bonds is 4. The Morgan fingerprint density at radius 1 is 1.33 bits per heavy atom. The molecule has 0 aromatic heterocycles. The fourth-order valence-electron chi connectivity index (χ4n) is 1.10. The Morgan fingerprint density at radius 3 is 2.73 bits per heavy atom. The number of ether oxygens (including phenoxy) is 1. The minimum atomic E-state index is 0.845. The van der Waals surface area contributed by atoms with Crippen LogP contribution in [0.4, 0.5) is 5.69 Å². The summed E-state index contributed by atoms with van der Waals surface area (Å²) in [7, 11) is 3.35. The van der Waals surface area contributed by atoms with Crippen LogP contribution in [0, 0.1) is 6.92 Å². The molecular formula is C11H15N3O. The molecule has 0 spiro atoms. The van der Waals surface area contributed by atoms with Crippen molar-refractivity contribution in [2.75, 3.05) is 19.6 Å². The lowest BCUT2D eigenvalue weighted by molar-refractivity contribution is 0.414. The van der Waals surface area contributed by atoms with E-state index in [0.717, 1.165) is 17.0 Å². The van der Waals surface area contributed by atoms with Gasteiger partial charge in [0.15, 0.2) is 0 Å². The van der Waals surface area contributed by atoms with Crippen molar-refractivity contribution < 1.29 is 4.74 Å². The lowest BCUT2D eigenvalue weighted by Gasteiger charge is -2.06.